The van der Waals surface area contributed by atoms with Crippen molar-refractivity contribution in [2.75, 3.05) is 0 Å². The van der Waals surface area contributed by atoms with Crippen LogP contribution in [0, 0.1) is 6.92 Å². The monoisotopic (exact) mass is 315 g/mol. The Balaban J connectivity index is 2.32. The molecule has 122 valence electrons. The van der Waals surface area contributed by atoms with Gasteiger partial charge in [-0.3, -0.25) is 24.0 Å². The highest BCUT2D eigenvalue weighted by Gasteiger charge is 2.32. The standard InChI is InChI=1S/C17H21N3O3/c1-9(2)11-6-5-10(3)14-15(11)19(4)17(23)20(14)12-7-8-13(21)18-16(12)22/h5-6,9,12H,7-8H2,1-4H3,(H,18,21,22). The third-order valence-electron chi connectivity index (χ3n) is 4.60. The number of hydrogen-bond acceptors (Lipinski definition) is 3. The summed E-state index contributed by atoms with van der Waals surface area (Å²) in [5, 5.41) is 2.34. The van der Waals surface area contributed by atoms with E-state index in [-0.39, 0.29) is 23.9 Å². The summed E-state index contributed by atoms with van der Waals surface area (Å²) in [5.41, 5.74) is 3.47. The number of nitrogens with one attached hydrogen (secondary N) is 1. The zero-order valence-corrected chi connectivity index (χ0v) is 13.8. The smallest absolute Gasteiger partial charge is 0.295 e. The summed E-state index contributed by atoms with van der Waals surface area (Å²) in [6.45, 7) is 6.10. The lowest BCUT2D eigenvalue weighted by atomic mass is 9.99. The number of imide groups is 1. The number of benzene rings is 1. The molecule has 6 heteroatoms. The molecular formula is C17H21N3O3. The highest BCUT2D eigenvalue weighted by atomic mass is 16.2. The first-order valence-corrected chi connectivity index (χ1v) is 7.87. The molecule has 2 heterocycles. The maximum absolute atomic E-state index is 12.8. The Labute approximate surface area is 134 Å². The minimum absolute atomic E-state index is 0.217. The maximum atomic E-state index is 12.8. The van der Waals surface area contributed by atoms with Crippen molar-refractivity contribution in [3.63, 3.8) is 0 Å². The molecule has 0 bridgehead atoms. The van der Waals surface area contributed by atoms with Gasteiger partial charge in [-0.15, -0.1) is 0 Å². The van der Waals surface area contributed by atoms with Gasteiger partial charge in [-0.1, -0.05) is 26.0 Å². The normalized spacial score (nSPS) is 18.7. The molecule has 0 aliphatic carbocycles. The van der Waals surface area contributed by atoms with Gasteiger partial charge in [0.05, 0.1) is 11.0 Å². The second-order valence-electron chi connectivity index (χ2n) is 6.50. The van der Waals surface area contributed by atoms with Crippen molar-refractivity contribution < 1.29 is 9.59 Å². The first-order chi connectivity index (χ1) is 10.8. The number of rotatable bonds is 2. The van der Waals surface area contributed by atoms with Gasteiger partial charge in [0.15, 0.2) is 0 Å². The van der Waals surface area contributed by atoms with Crippen LogP contribution < -0.4 is 11.0 Å². The van der Waals surface area contributed by atoms with E-state index in [2.05, 4.69) is 19.2 Å². The van der Waals surface area contributed by atoms with E-state index in [0.29, 0.717) is 6.42 Å². The fraction of sp³-hybridized carbons (Fsp3) is 0.471. The summed E-state index contributed by atoms with van der Waals surface area (Å²) >= 11 is 0. The van der Waals surface area contributed by atoms with E-state index >= 15 is 0 Å². The molecule has 1 N–H and O–H groups in total. The third-order valence-corrected chi connectivity index (χ3v) is 4.60. The highest BCUT2D eigenvalue weighted by Crippen LogP contribution is 2.30. The first kappa shape index (κ1) is 15.5. The molecule has 1 aromatic heterocycles. The number of amides is 2. The summed E-state index contributed by atoms with van der Waals surface area (Å²) in [4.78, 5) is 36.4. The summed E-state index contributed by atoms with van der Waals surface area (Å²) in [6.07, 6.45) is 0.608. The Morgan fingerprint density at radius 3 is 2.48 bits per heavy atom. The minimum atomic E-state index is -0.634. The Hall–Kier alpha value is -2.37. The molecule has 23 heavy (non-hydrogen) atoms. The first-order valence-electron chi connectivity index (χ1n) is 7.87. The zero-order valence-electron chi connectivity index (χ0n) is 13.8. The van der Waals surface area contributed by atoms with Crippen LogP contribution in [0.15, 0.2) is 16.9 Å². The van der Waals surface area contributed by atoms with Gasteiger partial charge in [0, 0.05) is 13.5 Å². The fourth-order valence-corrected chi connectivity index (χ4v) is 3.39. The van der Waals surface area contributed by atoms with Gasteiger partial charge >= 0.3 is 5.69 Å². The van der Waals surface area contributed by atoms with Crippen LogP contribution in [-0.2, 0) is 16.6 Å². The molecule has 2 amide bonds. The molecule has 1 unspecified atom stereocenters. The average Bonchev–Trinajstić information content (AvgIpc) is 2.73. The molecule has 0 radical (unpaired) electrons. The molecule has 1 aliphatic rings. The third kappa shape index (κ3) is 2.29. The Kier molecular flexibility index (Phi) is 3.62. The molecule has 1 saturated heterocycles. The number of nitrogens with zero attached hydrogens (tertiary/aromatic N) is 2. The molecule has 1 fully saturated rings. The van der Waals surface area contributed by atoms with Crippen molar-refractivity contribution in [1.29, 1.82) is 0 Å². The van der Waals surface area contributed by atoms with Gasteiger partial charge in [-0.05, 0) is 30.4 Å². The average molecular weight is 315 g/mol. The Morgan fingerprint density at radius 2 is 1.87 bits per heavy atom. The lowest BCUT2D eigenvalue weighted by Crippen LogP contribution is -2.44. The molecule has 6 nitrogen and oxygen atoms in total. The van der Waals surface area contributed by atoms with Crippen molar-refractivity contribution in [3.8, 4) is 0 Å². The van der Waals surface area contributed by atoms with E-state index in [0.717, 1.165) is 22.2 Å². The lowest BCUT2D eigenvalue weighted by molar-refractivity contribution is -0.135. The molecule has 2 aromatic rings. The fourth-order valence-electron chi connectivity index (χ4n) is 3.39. The van der Waals surface area contributed by atoms with Crippen LogP contribution in [0.25, 0.3) is 11.0 Å². The van der Waals surface area contributed by atoms with Gasteiger partial charge < -0.3 is 0 Å². The van der Waals surface area contributed by atoms with Gasteiger partial charge in [-0.25, -0.2) is 4.79 Å². The number of aryl methyl sites for hydroxylation is 2. The number of carbonyl (C=O) groups excluding carboxylic acids is 2. The van der Waals surface area contributed by atoms with E-state index < -0.39 is 11.9 Å². The van der Waals surface area contributed by atoms with Crippen molar-refractivity contribution >= 4 is 22.8 Å². The van der Waals surface area contributed by atoms with Crippen molar-refractivity contribution in [2.45, 2.75) is 45.6 Å². The molecule has 1 aliphatic heterocycles. The largest absolute Gasteiger partial charge is 0.329 e. The summed E-state index contributed by atoms with van der Waals surface area (Å²) in [7, 11) is 1.73. The molecule has 1 aromatic carbocycles. The van der Waals surface area contributed by atoms with Crippen LogP contribution in [0.5, 0.6) is 0 Å². The van der Waals surface area contributed by atoms with Crippen molar-refractivity contribution in [1.82, 2.24) is 14.5 Å². The zero-order chi connectivity index (χ0) is 16.9. The number of hydrogen-bond donors (Lipinski definition) is 1. The van der Waals surface area contributed by atoms with E-state index in [9.17, 15) is 14.4 Å². The maximum Gasteiger partial charge on any atom is 0.329 e. The van der Waals surface area contributed by atoms with Crippen LogP contribution in [-0.4, -0.2) is 20.9 Å². The summed E-state index contributed by atoms with van der Waals surface area (Å²) in [6, 6.07) is 3.39. The molecule has 3 rings (SSSR count). The number of piperidine rings is 1. The predicted molar refractivity (Wildman–Crippen MR) is 87.4 cm³/mol. The van der Waals surface area contributed by atoms with Crippen molar-refractivity contribution in [2.24, 2.45) is 7.05 Å². The number of fused-ring (bicyclic) bond motifs is 1. The Morgan fingerprint density at radius 1 is 1.17 bits per heavy atom. The van der Waals surface area contributed by atoms with Gasteiger partial charge in [-0.2, -0.15) is 0 Å². The summed E-state index contributed by atoms with van der Waals surface area (Å²) < 4.78 is 3.17. The lowest BCUT2D eigenvalue weighted by Gasteiger charge is -2.22. The second-order valence-corrected chi connectivity index (χ2v) is 6.50. The van der Waals surface area contributed by atoms with E-state index in [1.54, 1.807) is 16.2 Å². The predicted octanol–water partition coefficient (Wildman–Crippen LogP) is 1.75. The van der Waals surface area contributed by atoms with Crippen LogP contribution in [0.1, 0.15) is 49.8 Å². The van der Waals surface area contributed by atoms with E-state index in [1.165, 1.54) is 0 Å². The number of aromatic nitrogens is 2. The van der Waals surface area contributed by atoms with Gasteiger partial charge in [0.2, 0.25) is 11.8 Å². The van der Waals surface area contributed by atoms with Gasteiger partial charge in [0.25, 0.3) is 0 Å². The molecular weight excluding hydrogens is 294 g/mol. The SMILES string of the molecule is Cc1ccc(C(C)C)c2c1n(C1CCC(=O)NC1=O)c(=O)n2C. The molecule has 1 atom stereocenters. The van der Waals surface area contributed by atoms with Crippen LogP contribution >= 0.6 is 0 Å². The minimum Gasteiger partial charge on any atom is -0.295 e. The Bertz CT molecular complexity index is 873. The van der Waals surface area contributed by atoms with Crippen LogP contribution in [0.2, 0.25) is 0 Å². The van der Waals surface area contributed by atoms with Crippen molar-refractivity contribution in [3.05, 3.63) is 33.7 Å². The van der Waals surface area contributed by atoms with E-state index in [1.807, 2.05) is 19.1 Å². The quantitative estimate of drug-likeness (QED) is 0.858. The number of carbonyl (C=O) groups is 2. The second kappa shape index (κ2) is 5.37. The topological polar surface area (TPSA) is 73.1 Å². The van der Waals surface area contributed by atoms with Gasteiger partial charge in [0.1, 0.15) is 6.04 Å². The summed E-state index contributed by atoms with van der Waals surface area (Å²) in [5.74, 6) is -0.411. The van der Waals surface area contributed by atoms with E-state index in [4.69, 9.17) is 0 Å². The number of imidazole rings is 1. The molecule has 0 spiro atoms. The van der Waals surface area contributed by atoms with Crippen LogP contribution in [0.3, 0.4) is 0 Å². The highest BCUT2D eigenvalue weighted by molar-refractivity contribution is 6.00. The van der Waals surface area contributed by atoms with Crippen LogP contribution in [0.4, 0.5) is 0 Å². The molecule has 0 saturated carbocycles.